The Morgan fingerprint density at radius 3 is 2.59 bits per heavy atom. The highest BCUT2D eigenvalue weighted by Crippen LogP contribution is 2.31. The van der Waals surface area contributed by atoms with Gasteiger partial charge in [-0.3, -0.25) is 4.90 Å². The van der Waals surface area contributed by atoms with E-state index in [-0.39, 0.29) is 25.1 Å². The van der Waals surface area contributed by atoms with Gasteiger partial charge in [-0.15, -0.1) is 0 Å². The molecule has 0 radical (unpaired) electrons. The van der Waals surface area contributed by atoms with Gasteiger partial charge in [-0.25, -0.2) is 0 Å². The lowest BCUT2D eigenvalue weighted by Crippen LogP contribution is -2.46. The van der Waals surface area contributed by atoms with E-state index in [2.05, 4.69) is 12.2 Å². The van der Waals surface area contributed by atoms with Crippen molar-refractivity contribution in [3.05, 3.63) is 0 Å². The Morgan fingerprint density at radius 2 is 2.18 bits per heavy atom. The first-order chi connectivity index (χ1) is 7.77. The second-order valence-electron chi connectivity index (χ2n) is 4.51. The van der Waals surface area contributed by atoms with E-state index in [1.165, 1.54) is 0 Å². The van der Waals surface area contributed by atoms with Crippen LogP contribution in [0.1, 0.15) is 13.3 Å². The van der Waals surface area contributed by atoms with Crippen LogP contribution in [0.5, 0.6) is 0 Å². The molecule has 1 fully saturated rings. The predicted octanol–water partition coefficient (Wildman–Crippen LogP) is 1.15. The SMILES string of the molecule is CC1CCN(CC(C(N)=S)C(F)(F)F)C1CO. The third kappa shape index (κ3) is 3.53. The zero-order chi connectivity index (χ0) is 13.2. The number of thiocarbonyl (C=S) groups is 1. The van der Waals surface area contributed by atoms with Crippen molar-refractivity contribution in [1.82, 2.24) is 4.90 Å². The van der Waals surface area contributed by atoms with E-state index in [1.807, 2.05) is 6.92 Å². The van der Waals surface area contributed by atoms with Crippen LogP contribution in [0.2, 0.25) is 0 Å². The van der Waals surface area contributed by atoms with Crippen LogP contribution in [-0.4, -0.2) is 46.9 Å². The van der Waals surface area contributed by atoms with Crippen LogP contribution in [0, 0.1) is 11.8 Å². The fourth-order valence-electron chi connectivity index (χ4n) is 2.20. The van der Waals surface area contributed by atoms with Gasteiger partial charge < -0.3 is 10.8 Å². The fraction of sp³-hybridized carbons (Fsp3) is 0.900. The van der Waals surface area contributed by atoms with E-state index in [0.29, 0.717) is 6.54 Å². The second kappa shape index (κ2) is 5.49. The Morgan fingerprint density at radius 1 is 1.59 bits per heavy atom. The summed E-state index contributed by atoms with van der Waals surface area (Å²) in [4.78, 5) is 1.09. The molecule has 3 atom stereocenters. The van der Waals surface area contributed by atoms with Gasteiger partial charge in [0.2, 0.25) is 0 Å². The van der Waals surface area contributed by atoms with E-state index in [4.69, 9.17) is 5.73 Å². The molecule has 1 rings (SSSR count). The minimum atomic E-state index is -4.42. The maximum Gasteiger partial charge on any atom is 0.399 e. The Bertz CT molecular complexity index is 285. The first kappa shape index (κ1) is 14.7. The third-order valence-corrected chi connectivity index (χ3v) is 3.62. The van der Waals surface area contributed by atoms with Crippen LogP contribution in [0.4, 0.5) is 13.2 Å². The van der Waals surface area contributed by atoms with Crippen LogP contribution < -0.4 is 5.73 Å². The Hall–Kier alpha value is -0.400. The molecule has 3 unspecified atom stereocenters. The maximum atomic E-state index is 12.7. The normalized spacial score (nSPS) is 28.3. The maximum absolute atomic E-state index is 12.7. The number of rotatable bonds is 4. The number of nitrogens with two attached hydrogens (primary N) is 1. The molecule has 3 N–H and O–H groups in total. The Labute approximate surface area is 104 Å². The molecule has 7 heteroatoms. The van der Waals surface area contributed by atoms with Gasteiger partial charge in [-0.2, -0.15) is 13.2 Å². The summed E-state index contributed by atoms with van der Waals surface area (Å²) in [6, 6.07) is -0.228. The lowest BCUT2D eigenvalue weighted by molar-refractivity contribution is -0.160. The quantitative estimate of drug-likeness (QED) is 0.753. The molecule has 3 nitrogen and oxygen atoms in total. The highest BCUT2D eigenvalue weighted by molar-refractivity contribution is 7.80. The number of alkyl halides is 3. The molecule has 0 aromatic heterocycles. The Kier molecular flexibility index (Phi) is 4.74. The molecule has 1 saturated heterocycles. The predicted molar refractivity (Wildman–Crippen MR) is 62.6 cm³/mol. The van der Waals surface area contributed by atoms with Gasteiger partial charge in [0.25, 0.3) is 0 Å². The number of nitrogens with zero attached hydrogens (tertiary/aromatic N) is 1. The molecule has 0 amide bonds. The number of halogens is 3. The standard InChI is InChI=1S/C10H17F3N2OS/c1-6-2-3-15(8(6)5-16)4-7(9(14)17)10(11,12)13/h6-8,16H,2-5H2,1H3,(H2,14,17). The number of likely N-dealkylation sites (tertiary alicyclic amines) is 1. The summed E-state index contributed by atoms with van der Waals surface area (Å²) in [5, 5.41) is 9.17. The van der Waals surface area contributed by atoms with Gasteiger partial charge >= 0.3 is 6.18 Å². The molecule has 0 aromatic carbocycles. The molecule has 1 aliphatic heterocycles. The zero-order valence-electron chi connectivity index (χ0n) is 9.57. The third-order valence-electron chi connectivity index (χ3n) is 3.34. The summed E-state index contributed by atoms with van der Waals surface area (Å²) < 4.78 is 38.1. The number of aliphatic hydroxyl groups is 1. The van der Waals surface area contributed by atoms with Crippen LogP contribution in [0.15, 0.2) is 0 Å². The number of hydrogen-bond donors (Lipinski definition) is 2. The van der Waals surface area contributed by atoms with Crippen molar-refractivity contribution in [1.29, 1.82) is 0 Å². The van der Waals surface area contributed by atoms with Crippen molar-refractivity contribution in [2.45, 2.75) is 25.6 Å². The minimum absolute atomic E-state index is 0.136. The average molecular weight is 270 g/mol. The van der Waals surface area contributed by atoms with Gasteiger partial charge in [0.1, 0.15) is 5.92 Å². The molecule has 0 spiro atoms. The van der Waals surface area contributed by atoms with E-state index >= 15 is 0 Å². The molecule has 0 aliphatic carbocycles. The summed E-state index contributed by atoms with van der Waals surface area (Å²) in [5.41, 5.74) is 5.14. The largest absolute Gasteiger partial charge is 0.399 e. The van der Waals surface area contributed by atoms with Crippen molar-refractivity contribution in [3.63, 3.8) is 0 Å². The number of hydrogen-bond acceptors (Lipinski definition) is 3. The van der Waals surface area contributed by atoms with Crippen LogP contribution >= 0.6 is 12.2 Å². The second-order valence-corrected chi connectivity index (χ2v) is 4.98. The van der Waals surface area contributed by atoms with E-state index in [0.717, 1.165) is 6.42 Å². The molecule has 17 heavy (non-hydrogen) atoms. The van der Waals surface area contributed by atoms with Crippen molar-refractivity contribution >= 4 is 17.2 Å². The highest BCUT2D eigenvalue weighted by Gasteiger charge is 2.44. The topological polar surface area (TPSA) is 49.5 Å². The lowest BCUT2D eigenvalue weighted by Gasteiger charge is -2.29. The van der Waals surface area contributed by atoms with Crippen LogP contribution in [-0.2, 0) is 0 Å². The summed E-state index contributed by atoms with van der Waals surface area (Å²) in [5.74, 6) is -1.60. The van der Waals surface area contributed by atoms with E-state index in [9.17, 15) is 18.3 Å². The molecule has 0 aromatic rings. The van der Waals surface area contributed by atoms with Crippen molar-refractivity contribution in [3.8, 4) is 0 Å². The molecular weight excluding hydrogens is 253 g/mol. The summed E-state index contributed by atoms with van der Waals surface area (Å²) >= 11 is 4.47. The molecular formula is C10H17F3N2OS. The minimum Gasteiger partial charge on any atom is -0.395 e. The molecule has 1 aliphatic rings. The summed E-state index contributed by atoms with van der Waals surface area (Å²) in [6.45, 7) is 2.07. The smallest absolute Gasteiger partial charge is 0.395 e. The lowest BCUT2D eigenvalue weighted by atomic mass is 10.0. The number of aliphatic hydroxyl groups excluding tert-OH is 1. The highest BCUT2D eigenvalue weighted by atomic mass is 32.1. The Balaban J connectivity index is 2.71. The first-order valence-electron chi connectivity index (χ1n) is 5.48. The average Bonchev–Trinajstić information content (AvgIpc) is 2.53. The fourth-order valence-corrected chi connectivity index (χ4v) is 2.41. The molecule has 0 bridgehead atoms. The molecule has 100 valence electrons. The zero-order valence-corrected chi connectivity index (χ0v) is 10.4. The van der Waals surface area contributed by atoms with Gasteiger partial charge in [0, 0.05) is 12.6 Å². The van der Waals surface area contributed by atoms with E-state index in [1.54, 1.807) is 4.90 Å². The van der Waals surface area contributed by atoms with Crippen molar-refractivity contribution in [2.24, 2.45) is 17.6 Å². The monoisotopic (exact) mass is 270 g/mol. The van der Waals surface area contributed by atoms with Gasteiger partial charge in [-0.1, -0.05) is 19.1 Å². The van der Waals surface area contributed by atoms with E-state index < -0.39 is 17.1 Å². The van der Waals surface area contributed by atoms with Crippen molar-refractivity contribution < 1.29 is 18.3 Å². The van der Waals surface area contributed by atoms with Crippen LogP contribution in [0.25, 0.3) is 0 Å². The van der Waals surface area contributed by atoms with Crippen molar-refractivity contribution in [2.75, 3.05) is 19.7 Å². The van der Waals surface area contributed by atoms with Gasteiger partial charge in [0.05, 0.1) is 11.6 Å². The van der Waals surface area contributed by atoms with Crippen LogP contribution in [0.3, 0.4) is 0 Å². The molecule has 1 heterocycles. The summed E-state index contributed by atoms with van der Waals surface area (Å²) in [7, 11) is 0. The van der Waals surface area contributed by atoms with Gasteiger partial charge in [-0.05, 0) is 18.9 Å². The van der Waals surface area contributed by atoms with Gasteiger partial charge in [0.15, 0.2) is 0 Å². The summed E-state index contributed by atoms with van der Waals surface area (Å²) in [6.07, 6.45) is -3.63. The molecule has 0 saturated carbocycles. The first-order valence-corrected chi connectivity index (χ1v) is 5.89.